The lowest BCUT2D eigenvalue weighted by Crippen LogP contribution is -2.35. The van der Waals surface area contributed by atoms with Crippen LogP contribution < -0.4 is 14.9 Å². The first-order valence-corrected chi connectivity index (χ1v) is 9.69. The summed E-state index contributed by atoms with van der Waals surface area (Å²) < 4.78 is 26.1. The number of carbonyl (C=O) groups excluding carboxylic acids is 1. The summed E-state index contributed by atoms with van der Waals surface area (Å²) in [5.74, 6) is 0.137. The summed E-state index contributed by atoms with van der Waals surface area (Å²) in [6.45, 7) is 6.25. The van der Waals surface area contributed by atoms with Crippen LogP contribution in [0.2, 0.25) is 0 Å². The lowest BCUT2D eigenvalue weighted by Gasteiger charge is -2.20. The second kappa shape index (κ2) is 7.21. The fourth-order valence-electron chi connectivity index (χ4n) is 2.58. The molecule has 6 nitrogen and oxygen atoms in total. The summed E-state index contributed by atoms with van der Waals surface area (Å²) >= 11 is 0. The quantitative estimate of drug-likeness (QED) is 0.836. The van der Waals surface area contributed by atoms with Crippen LogP contribution in [0.3, 0.4) is 0 Å². The van der Waals surface area contributed by atoms with E-state index in [-0.39, 0.29) is 17.8 Å². The van der Waals surface area contributed by atoms with Crippen LogP contribution in [0, 0.1) is 0 Å². The lowest BCUT2D eigenvalue weighted by molar-refractivity contribution is 0.249. The Morgan fingerprint density at radius 2 is 2.09 bits per heavy atom. The monoisotopic (exact) mass is 339 g/mol. The van der Waals surface area contributed by atoms with E-state index in [1.165, 1.54) is 4.31 Å². The van der Waals surface area contributed by atoms with E-state index in [0.29, 0.717) is 30.8 Å². The summed E-state index contributed by atoms with van der Waals surface area (Å²) in [6.07, 6.45) is 2.14. The number of sulfonamides is 1. The highest BCUT2D eigenvalue weighted by Crippen LogP contribution is 2.33. The molecule has 23 heavy (non-hydrogen) atoms. The molecule has 128 valence electrons. The molecule has 0 fully saturated rings. The number of carbonyl (C=O) groups is 1. The van der Waals surface area contributed by atoms with Crippen molar-refractivity contribution in [2.24, 2.45) is 0 Å². The summed E-state index contributed by atoms with van der Waals surface area (Å²) in [5.41, 5.74) is 2.28. The fraction of sp³-hybridized carbons (Fsp3) is 0.562. The standard InChI is InChI=1S/C16H25N3O3S/c1-4-10-23(21,22)19-9-8-13-6-7-14(11-15(13)19)18-16(20)17-12(3)5-2/h6-7,11-12H,4-5,8-10H2,1-3H3,(H2,17,18,20)/t12-/m0/s1. The van der Waals surface area contributed by atoms with Gasteiger partial charge in [0.1, 0.15) is 0 Å². The van der Waals surface area contributed by atoms with Crippen LogP contribution in [0.15, 0.2) is 18.2 Å². The Hall–Kier alpha value is -1.76. The van der Waals surface area contributed by atoms with Gasteiger partial charge in [-0.05, 0) is 43.9 Å². The van der Waals surface area contributed by atoms with Gasteiger partial charge in [0, 0.05) is 18.3 Å². The van der Waals surface area contributed by atoms with E-state index in [4.69, 9.17) is 0 Å². The number of anilines is 2. The molecule has 0 spiro atoms. The maximum absolute atomic E-state index is 12.3. The third kappa shape index (κ3) is 4.16. The number of rotatable bonds is 6. The third-order valence-electron chi connectivity index (χ3n) is 3.98. The van der Waals surface area contributed by atoms with Crippen LogP contribution >= 0.6 is 0 Å². The second-order valence-corrected chi connectivity index (χ2v) is 7.90. The van der Waals surface area contributed by atoms with Gasteiger partial charge < -0.3 is 10.6 Å². The fourth-order valence-corrected chi connectivity index (χ4v) is 4.15. The van der Waals surface area contributed by atoms with Gasteiger partial charge in [0.2, 0.25) is 10.0 Å². The first-order valence-electron chi connectivity index (χ1n) is 8.08. The van der Waals surface area contributed by atoms with Crippen molar-refractivity contribution in [1.29, 1.82) is 0 Å². The minimum absolute atomic E-state index is 0.0888. The second-order valence-electron chi connectivity index (χ2n) is 5.89. The van der Waals surface area contributed by atoms with Crippen molar-refractivity contribution in [3.63, 3.8) is 0 Å². The molecule has 2 rings (SSSR count). The van der Waals surface area contributed by atoms with E-state index >= 15 is 0 Å². The number of amides is 2. The van der Waals surface area contributed by atoms with Crippen LogP contribution in [-0.2, 0) is 16.4 Å². The largest absolute Gasteiger partial charge is 0.335 e. The molecule has 2 amide bonds. The number of hydrogen-bond acceptors (Lipinski definition) is 3. The number of hydrogen-bond donors (Lipinski definition) is 2. The number of nitrogens with one attached hydrogen (secondary N) is 2. The van der Waals surface area contributed by atoms with Gasteiger partial charge in [-0.15, -0.1) is 0 Å². The molecule has 0 aromatic heterocycles. The van der Waals surface area contributed by atoms with Crippen molar-refractivity contribution in [2.75, 3.05) is 21.9 Å². The molecule has 0 bridgehead atoms. The van der Waals surface area contributed by atoms with Gasteiger partial charge in [0.05, 0.1) is 11.4 Å². The molecule has 0 saturated carbocycles. The molecular formula is C16H25N3O3S. The van der Waals surface area contributed by atoms with Crippen molar-refractivity contribution in [3.05, 3.63) is 23.8 Å². The minimum Gasteiger partial charge on any atom is -0.335 e. The van der Waals surface area contributed by atoms with Crippen LogP contribution in [-0.4, -0.2) is 32.8 Å². The number of nitrogens with zero attached hydrogens (tertiary/aromatic N) is 1. The molecule has 1 atom stereocenters. The smallest absolute Gasteiger partial charge is 0.319 e. The summed E-state index contributed by atoms with van der Waals surface area (Å²) in [5, 5.41) is 5.59. The number of urea groups is 1. The molecule has 1 heterocycles. The molecule has 2 N–H and O–H groups in total. The van der Waals surface area contributed by atoms with Gasteiger partial charge in [-0.3, -0.25) is 4.31 Å². The Balaban J connectivity index is 2.17. The number of fused-ring (bicyclic) bond motifs is 1. The first kappa shape index (κ1) is 17.6. The molecule has 0 aliphatic carbocycles. The predicted octanol–water partition coefficient (Wildman–Crippen LogP) is 2.71. The molecule has 1 aromatic rings. The highest BCUT2D eigenvalue weighted by atomic mass is 32.2. The van der Waals surface area contributed by atoms with Gasteiger partial charge in [-0.25, -0.2) is 13.2 Å². The topological polar surface area (TPSA) is 78.5 Å². The van der Waals surface area contributed by atoms with Crippen molar-refractivity contribution in [3.8, 4) is 0 Å². The first-order chi connectivity index (χ1) is 10.9. The highest BCUT2D eigenvalue weighted by Gasteiger charge is 2.28. The third-order valence-corrected chi connectivity index (χ3v) is 5.96. The SMILES string of the molecule is CCCS(=O)(=O)N1CCc2ccc(NC(=O)N[C@@H](C)CC)cc21. The maximum atomic E-state index is 12.3. The van der Waals surface area contributed by atoms with E-state index in [2.05, 4.69) is 10.6 Å². The van der Waals surface area contributed by atoms with Crippen LogP contribution in [0.5, 0.6) is 0 Å². The molecule has 1 aromatic carbocycles. The zero-order chi connectivity index (χ0) is 17.0. The van der Waals surface area contributed by atoms with Gasteiger partial charge in [0.15, 0.2) is 0 Å². The molecule has 0 saturated heterocycles. The Bertz CT molecular complexity index is 673. The molecule has 1 aliphatic heterocycles. The van der Waals surface area contributed by atoms with Crippen molar-refractivity contribution >= 4 is 27.4 Å². The van der Waals surface area contributed by atoms with Gasteiger partial charge in [-0.2, -0.15) is 0 Å². The van der Waals surface area contributed by atoms with Crippen LogP contribution in [0.4, 0.5) is 16.2 Å². The zero-order valence-corrected chi connectivity index (χ0v) is 14.7. The van der Waals surface area contributed by atoms with Crippen LogP contribution in [0.1, 0.15) is 39.2 Å². The molecule has 0 unspecified atom stereocenters. The predicted molar refractivity (Wildman–Crippen MR) is 93.5 cm³/mol. The Morgan fingerprint density at radius 3 is 2.74 bits per heavy atom. The van der Waals surface area contributed by atoms with E-state index in [1.54, 1.807) is 6.07 Å². The van der Waals surface area contributed by atoms with Gasteiger partial charge >= 0.3 is 6.03 Å². The van der Waals surface area contributed by atoms with Gasteiger partial charge in [-0.1, -0.05) is 19.9 Å². The lowest BCUT2D eigenvalue weighted by atomic mass is 10.1. The normalized spacial score (nSPS) is 15.2. The summed E-state index contributed by atoms with van der Waals surface area (Å²) in [4.78, 5) is 11.9. The van der Waals surface area contributed by atoms with E-state index in [9.17, 15) is 13.2 Å². The van der Waals surface area contributed by atoms with Crippen LogP contribution in [0.25, 0.3) is 0 Å². The van der Waals surface area contributed by atoms with E-state index < -0.39 is 10.0 Å². The molecular weight excluding hydrogens is 314 g/mol. The molecule has 7 heteroatoms. The molecule has 0 radical (unpaired) electrons. The Labute approximate surface area is 138 Å². The highest BCUT2D eigenvalue weighted by molar-refractivity contribution is 7.92. The van der Waals surface area contributed by atoms with E-state index in [1.807, 2.05) is 32.9 Å². The summed E-state index contributed by atoms with van der Waals surface area (Å²) in [7, 11) is -3.29. The van der Waals surface area contributed by atoms with Crippen molar-refractivity contribution in [1.82, 2.24) is 5.32 Å². The van der Waals surface area contributed by atoms with E-state index in [0.717, 1.165) is 12.0 Å². The average Bonchev–Trinajstić information content (AvgIpc) is 2.90. The summed E-state index contributed by atoms with van der Waals surface area (Å²) in [6, 6.07) is 5.25. The average molecular weight is 339 g/mol. The number of benzene rings is 1. The molecule has 1 aliphatic rings. The van der Waals surface area contributed by atoms with Crippen molar-refractivity contribution in [2.45, 2.75) is 46.1 Å². The van der Waals surface area contributed by atoms with Gasteiger partial charge in [0.25, 0.3) is 0 Å². The Morgan fingerprint density at radius 1 is 1.35 bits per heavy atom. The zero-order valence-electron chi connectivity index (χ0n) is 13.9. The Kier molecular flexibility index (Phi) is 5.51. The van der Waals surface area contributed by atoms with Crippen molar-refractivity contribution < 1.29 is 13.2 Å². The maximum Gasteiger partial charge on any atom is 0.319 e. The minimum atomic E-state index is -3.29.